The predicted molar refractivity (Wildman–Crippen MR) is 177 cm³/mol. The van der Waals surface area contributed by atoms with Gasteiger partial charge in [-0.2, -0.15) is 0 Å². The second kappa shape index (κ2) is 9.06. The molecule has 42 heavy (non-hydrogen) atoms. The summed E-state index contributed by atoms with van der Waals surface area (Å²) in [6.07, 6.45) is 0. The maximum atomic E-state index is 6.44. The number of fused-ring (bicyclic) bond motifs is 6. The highest BCUT2D eigenvalue weighted by molar-refractivity contribution is 6.62. The molecule has 7 aromatic rings. The zero-order valence-electron chi connectivity index (χ0n) is 24.4. The van der Waals surface area contributed by atoms with Crippen LogP contribution >= 0.6 is 0 Å². The van der Waals surface area contributed by atoms with Crippen LogP contribution in [0.1, 0.15) is 27.7 Å². The second-order valence-electron chi connectivity index (χ2n) is 12.5. The molecule has 204 valence electrons. The van der Waals surface area contributed by atoms with Gasteiger partial charge < -0.3 is 13.9 Å². The fourth-order valence-electron chi connectivity index (χ4n) is 6.40. The summed E-state index contributed by atoms with van der Waals surface area (Å²) in [6, 6.07) is 44.0. The standard InChI is InChI=1S/C38H32BNO2/c1-37(2)38(3,4)42-39(41-37)30-13-9-14-31(24-30)40-34-21-19-26-11-7-8-15-32(26)36(34)33-20-18-29(23-35(33)40)28-17-16-25-10-5-6-12-27(25)22-28/h5-24H,1-4H3. The summed E-state index contributed by atoms with van der Waals surface area (Å²) in [5.74, 6) is 0. The Bertz CT molecular complexity index is 2160. The van der Waals surface area contributed by atoms with Gasteiger partial charge in [-0.25, -0.2) is 0 Å². The molecule has 8 rings (SSSR count). The average molecular weight is 545 g/mol. The highest BCUT2D eigenvalue weighted by Gasteiger charge is 2.51. The number of rotatable bonds is 3. The van der Waals surface area contributed by atoms with E-state index in [1.165, 1.54) is 54.5 Å². The lowest BCUT2D eigenvalue weighted by Gasteiger charge is -2.32. The van der Waals surface area contributed by atoms with Gasteiger partial charge in [-0.3, -0.25) is 0 Å². The quantitative estimate of drug-likeness (QED) is 0.207. The van der Waals surface area contributed by atoms with E-state index in [-0.39, 0.29) is 0 Å². The molecule has 0 bridgehead atoms. The monoisotopic (exact) mass is 545 g/mol. The van der Waals surface area contributed by atoms with Gasteiger partial charge in [0.05, 0.1) is 22.2 Å². The van der Waals surface area contributed by atoms with Crippen LogP contribution in [0.2, 0.25) is 0 Å². The Morgan fingerprint density at radius 1 is 0.524 bits per heavy atom. The van der Waals surface area contributed by atoms with Crippen molar-refractivity contribution >= 4 is 55.9 Å². The van der Waals surface area contributed by atoms with Gasteiger partial charge in [-0.1, -0.05) is 91.0 Å². The van der Waals surface area contributed by atoms with Crippen LogP contribution in [0.15, 0.2) is 121 Å². The first-order valence-electron chi connectivity index (χ1n) is 14.7. The Labute approximate surface area is 246 Å². The SMILES string of the molecule is CC1(C)OB(c2cccc(-n3c4cc(-c5ccc6ccccc6c5)ccc4c4c5ccccc5ccc43)c2)OC1(C)C. The van der Waals surface area contributed by atoms with Crippen molar-refractivity contribution in [2.75, 3.05) is 0 Å². The maximum Gasteiger partial charge on any atom is 0.494 e. The van der Waals surface area contributed by atoms with Crippen molar-refractivity contribution in [2.24, 2.45) is 0 Å². The summed E-state index contributed by atoms with van der Waals surface area (Å²) in [6.45, 7) is 8.40. The van der Waals surface area contributed by atoms with Crippen LogP contribution < -0.4 is 5.46 Å². The van der Waals surface area contributed by atoms with Crippen molar-refractivity contribution in [3.63, 3.8) is 0 Å². The Morgan fingerprint density at radius 3 is 2.00 bits per heavy atom. The molecule has 0 saturated carbocycles. The van der Waals surface area contributed by atoms with Gasteiger partial charge in [0.1, 0.15) is 0 Å². The van der Waals surface area contributed by atoms with Crippen molar-refractivity contribution in [1.82, 2.24) is 4.57 Å². The van der Waals surface area contributed by atoms with Crippen LogP contribution in [-0.2, 0) is 9.31 Å². The van der Waals surface area contributed by atoms with E-state index in [1.54, 1.807) is 0 Å². The Morgan fingerprint density at radius 2 is 1.19 bits per heavy atom. The molecule has 0 amide bonds. The van der Waals surface area contributed by atoms with E-state index in [0.29, 0.717) is 0 Å². The van der Waals surface area contributed by atoms with Crippen LogP contribution in [0.3, 0.4) is 0 Å². The fraction of sp³-hybridized carbons (Fsp3) is 0.158. The van der Waals surface area contributed by atoms with Crippen LogP contribution in [-0.4, -0.2) is 22.9 Å². The summed E-state index contributed by atoms with van der Waals surface area (Å²) in [5.41, 5.74) is 6.10. The van der Waals surface area contributed by atoms with Crippen LogP contribution in [0.4, 0.5) is 0 Å². The van der Waals surface area contributed by atoms with Crippen LogP contribution in [0.5, 0.6) is 0 Å². The number of aromatic nitrogens is 1. The lowest BCUT2D eigenvalue weighted by atomic mass is 9.79. The van der Waals surface area contributed by atoms with E-state index >= 15 is 0 Å². The Hall–Kier alpha value is -4.38. The number of nitrogens with zero attached hydrogens (tertiary/aromatic N) is 1. The Balaban J connectivity index is 1.37. The predicted octanol–water partition coefficient (Wildman–Crippen LogP) is 9.06. The van der Waals surface area contributed by atoms with Crippen molar-refractivity contribution in [2.45, 2.75) is 38.9 Å². The molecule has 0 N–H and O–H groups in total. The minimum absolute atomic E-state index is 0.395. The first-order chi connectivity index (χ1) is 20.3. The number of hydrogen-bond acceptors (Lipinski definition) is 2. The highest BCUT2D eigenvalue weighted by atomic mass is 16.7. The molecular weight excluding hydrogens is 513 g/mol. The Kier molecular flexibility index (Phi) is 5.47. The molecule has 0 unspecified atom stereocenters. The molecule has 1 aromatic heterocycles. The first-order valence-corrected chi connectivity index (χ1v) is 14.7. The molecule has 4 heteroatoms. The first kappa shape index (κ1) is 25.3. The molecule has 3 nitrogen and oxygen atoms in total. The molecular formula is C38H32BNO2. The molecule has 1 saturated heterocycles. The van der Waals surface area contributed by atoms with Crippen molar-refractivity contribution in [3.8, 4) is 16.8 Å². The molecule has 1 fully saturated rings. The number of benzene rings is 6. The van der Waals surface area contributed by atoms with Gasteiger partial charge >= 0.3 is 7.12 Å². The summed E-state index contributed by atoms with van der Waals surface area (Å²) in [7, 11) is -0.419. The minimum atomic E-state index is -0.419. The van der Waals surface area contributed by atoms with Crippen LogP contribution in [0.25, 0.3) is 60.2 Å². The van der Waals surface area contributed by atoms with Crippen molar-refractivity contribution < 1.29 is 9.31 Å². The summed E-state index contributed by atoms with van der Waals surface area (Å²) in [4.78, 5) is 0. The molecule has 1 aliphatic heterocycles. The molecule has 1 aliphatic rings. The maximum absolute atomic E-state index is 6.44. The summed E-state index contributed by atoms with van der Waals surface area (Å²) >= 11 is 0. The third-order valence-electron chi connectivity index (χ3n) is 9.39. The zero-order chi connectivity index (χ0) is 28.6. The largest absolute Gasteiger partial charge is 0.494 e. The molecule has 0 radical (unpaired) electrons. The van der Waals surface area contributed by atoms with Crippen molar-refractivity contribution in [3.05, 3.63) is 121 Å². The van der Waals surface area contributed by atoms with Crippen LogP contribution in [0, 0.1) is 0 Å². The van der Waals surface area contributed by atoms with Crippen molar-refractivity contribution in [1.29, 1.82) is 0 Å². The lowest BCUT2D eigenvalue weighted by Crippen LogP contribution is -2.41. The molecule has 6 aromatic carbocycles. The van der Waals surface area contributed by atoms with E-state index in [2.05, 4.69) is 154 Å². The summed E-state index contributed by atoms with van der Waals surface area (Å²) in [5, 5.41) is 7.52. The van der Waals surface area contributed by atoms with E-state index in [9.17, 15) is 0 Å². The van der Waals surface area contributed by atoms with Gasteiger partial charge in [0, 0.05) is 16.5 Å². The van der Waals surface area contributed by atoms with E-state index in [1.807, 2.05) is 0 Å². The lowest BCUT2D eigenvalue weighted by molar-refractivity contribution is 0.00578. The molecule has 2 heterocycles. The highest BCUT2D eigenvalue weighted by Crippen LogP contribution is 2.40. The smallest absolute Gasteiger partial charge is 0.399 e. The fourth-order valence-corrected chi connectivity index (χ4v) is 6.40. The van der Waals surface area contributed by atoms with Gasteiger partial charge in [-0.05, 0) is 96.2 Å². The van der Waals surface area contributed by atoms with Gasteiger partial charge in [0.15, 0.2) is 0 Å². The van der Waals surface area contributed by atoms with E-state index < -0.39 is 18.3 Å². The van der Waals surface area contributed by atoms with Gasteiger partial charge in [0.25, 0.3) is 0 Å². The normalized spacial score (nSPS) is 16.2. The van der Waals surface area contributed by atoms with E-state index in [0.717, 1.165) is 11.2 Å². The topological polar surface area (TPSA) is 23.4 Å². The second-order valence-corrected chi connectivity index (χ2v) is 12.5. The third kappa shape index (κ3) is 3.83. The molecule has 0 atom stereocenters. The van der Waals surface area contributed by atoms with E-state index in [4.69, 9.17) is 9.31 Å². The minimum Gasteiger partial charge on any atom is -0.399 e. The summed E-state index contributed by atoms with van der Waals surface area (Å²) < 4.78 is 15.3. The zero-order valence-corrected chi connectivity index (χ0v) is 24.4. The third-order valence-corrected chi connectivity index (χ3v) is 9.39. The van der Waals surface area contributed by atoms with Gasteiger partial charge in [0.2, 0.25) is 0 Å². The average Bonchev–Trinajstić information content (AvgIpc) is 3.45. The van der Waals surface area contributed by atoms with Gasteiger partial charge in [-0.15, -0.1) is 0 Å². The number of hydrogen-bond donors (Lipinski definition) is 0. The molecule has 0 spiro atoms. The molecule has 0 aliphatic carbocycles.